The second-order valence-corrected chi connectivity index (χ2v) is 2.66. The lowest BCUT2D eigenvalue weighted by Crippen LogP contribution is -2.31. The van der Waals surface area contributed by atoms with Crippen LogP contribution in [0.25, 0.3) is 0 Å². The average molecular weight is 140 g/mol. The van der Waals surface area contributed by atoms with Crippen LogP contribution >= 0.6 is 0 Å². The lowest BCUT2D eigenvalue weighted by atomic mass is 10.1. The molecule has 0 aliphatic rings. The van der Waals surface area contributed by atoms with Crippen LogP contribution in [-0.2, 0) is 0 Å². The number of hydrogen-bond acceptors (Lipinski definition) is 2. The number of nitrogens with zero attached hydrogens (tertiary/aromatic N) is 1. The normalized spacial score (nSPS) is 15.8. The second-order valence-electron chi connectivity index (χ2n) is 2.66. The van der Waals surface area contributed by atoms with E-state index in [-0.39, 0.29) is 5.92 Å². The van der Waals surface area contributed by atoms with Gasteiger partial charge in [-0.1, -0.05) is 6.92 Å². The summed E-state index contributed by atoms with van der Waals surface area (Å²) in [5.74, 6) is 0.117. The van der Waals surface area contributed by atoms with E-state index in [2.05, 4.69) is 18.3 Å². The van der Waals surface area contributed by atoms with Crippen LogP contribution in [0.15, 0.2) is 0 Å². The molecule has 0 aromatic rings. The molecule has 0 aromatic carbocycles. The van der Waals surface area contributed by atoms with Gasteiger partial charge < -0.3 is 5.32 Å². The quantitative estimate of drug-likeness (QED) is 0.643. The molecule has 0 radical (unpaired) electrons. The molecule has 0 aromatic heterocycles. The predicted molar refractivity (Wildman–Crippen MR) is 42.5 cm³/mol. The zero-order chi connectivity index (χ0) is 7.98. The summed E-state index contributed by atoms with van der Waals surface area (Å²) in [6.07, 6.45) is 1.13. The van der Waals surface area contributed by atoms with Gasteiger partial charge in [0.05, 0.1) is 12.0 Å². The van der Waals surface area contributed by atoms with Gasteiger partial charge in [-0.05, 0) is 26.8 Å². The predicted octanol–water partition coefficient (Wildman–Crippen LogP) is 1.53. The Morgan fingerprint density at radius 1 is 1.50 bits per heavy atom. The van der Waals surface area contributed by atoms with Crippen molar-refractivity contribution in [1.29, 1.82) is 5.26 Å². The average Bonchev–Trinajstić information content (AvgIpc) is 1.98. The first kappa shape index (κ1) is 9.45. The molecular formula is C8H16N2. The van der Waals surface area contributed by atoms with E-state index in [4.69, 9.17) is 5.26 Å². The molecule has 0 bridgehead atoms. The minimum atomic E-state index is 0.117. The van der Waals surface area contributed by atoms with Gasteiger partial charge >= 0.3 is 0 Å². The molecule has 2 atom stereocenters. The Bertz CT molecular complexity index is 115. The van der Waals surface area contributed by atoms with Crippen LogP contribution in [0, 0.1) is 17.2 Å². The van der Waals surface area contributed by atoms with Crippen molar-refractivity contribution in [1.82, 2.24) is 5.32 Å². The summed E-state index contributed by atoms with van der Waals surface area (Å²) >= 11 is 0. The van der Waals surface area contributed by atoms with E-state index in [0.29, 0.717) is 6.04 Å². The highest BCUT2D eigenvalue weighted by Gasteiger charge is 2.08. The summed E-state index contributed by atoms with van der Waals surface area (Å²) in [5.41, 5.74) is 0. The van der Waals surface area contributed by atoms with Crippen LogP contribution in [0.5, 0.6) is 0 Å². The highest BCUT2D eigenvalue weighted by Crippen LogP contribution is 1.98. The van der Waals surface area contributed by atoms with Crippen LogP contribution in [0.1, 0.15) is 27.2 Å². The number of nitrogens with one attached hydrogen (secondary N) is 1. The van der Waals surface area contributed by atoms with Gasteiger partial charge in [0, 0.05) is 6.04 Å². The van der Waals surface area contributed by atoms with Crippen molar-refractivity contribution < 1.29 is 0 Å². The fourth-order valence-electron chi connectivity index (χ4n) is 0.661. The third-order valence-electron chi connectivity index (χ3n) is 1.67. The lowest BCUT2D eigenvalue weighted by Gasteiger charge is -2.14. The Balaban J connectivity index is 3.43. The van der Waals surface area contributed by atoms with Gasteiger partial charge in [0.1, 0.15) is 0 Å². The van der Waals surface area contributed by atoms with E-state index >= 15 is 0 Å². The zero-order valence-electron chi connectivity index (χ0n) is 7.02. The smallest absolute Gasteiger partial charge is 0.0669 e. The fraction of sp³-hybridized carbons (Fsp3) is 0.875. The summed E-state index contributed by atoms with van der Waals surface area (Å²) in [4.78, 5) is 0. The molecule has 0 rings (SSSR count). The maximum atomic E-state index is 8.51. The van der Waals surface area contributed by atoms with Crippen molar-refractivity contribution in [2.24, 2.45) is 5.92 Å². The van der Waals surface area contributed by atoms with Crippen molar-refractivity contribution >= 4 is 0 Å². The molecular weight excluding hydrogens is 124 g/mol. The van der Waals surface area contributed by atoms with Gasteiger partial charge in [-0.25, -0.2) is 0 Å². The van der Waals surface area contributed by atoms with E-state index in [1.54, 1.807) is 0 Å². The standard InChI is InChI=1S/C8H16N2/c1-4-5-10-8(3)7(2)6-9/h7-8,10H,4-5H2,1-3H3/t7-,8?/m1/s1. The van der Waals surface area contributed by atoms with E-state index in [1.165, 1.54) is 0 Å². The van der Waals surface area contributed by atoms with Crippen LogP contribution in [0.4, 0.5) is 0 Å². The van der Waals surface area contributed by atoms with Gasteiger partial charge in [0.15, 0.2) is 0 Å². The minimum absolute atomic E-state index is 0.117. The van der Waals surface area contributed by atoms with Gasteiger partial charge in [0.2, 0.25) is 0 Å². The van der Waals surface area contributed by atoms with E-state index < -0.39 is 0 Å². The fourth-order valence-corrected chi connectivity index (χ4v) is 0.661. The van der Waals surface area contributed by atoms with Gasteiger partial charge in [0.25, 0.3) is 0 Å². The monoisotopic (exact) mass is 140 g/mol. The lowest BCUT2D eigenvalue weighted by molar-refractivity contribution is 0.467. The first-order chi connectivity index (χ1) is 4.72. The molecule has 2 heteroatoms. The molecule has 0 fully saturated rings. The summed E-state index contributed by atoms with van der Waals surface area (Å²) < 4.78 is 0. The third kappa shape index (κ3) is 3.47. The maximum absolute atomic E-state index is 8.51. The van der Waals surface area contributed by atoms with E-state index in [9.17, 15) is 0 Å². The first-order valence-electron chi connectivity index (χ1n) is 3.85. The van der Waals surface area contributed by atoms with Crippen molar-refractivity contribution in [2.75, 3.05) is 6.54 Å². The van der Waals surface area contributed by atoms with Crippen molar-refractivity contribution in [2.45, 2.75) is 33.2 Å². The summed E-state index contributed by atoms with van der Waals surface area (Å²) in [6.45, 7) is 7.11. The summed E-state index contributed by atoms with van der Waals surface area (Å²) in [6, 6.07) is 2.54. The molecule has 0 spiro atoms. The van der Waals surface area contributed by atoms with Gasteiger partial charge in [-0.2, -0.15) is 5.26 Å². The molecule has 1 unspecified atom stereocenters. The highest BCUT2D eigenvalue weighted by molar-refractivity contribution is 4.86. The van der Waals surface area contributed by atoms with Crippen molar-refractivity contribution in [3.05, 3.63) is 0 Å². The molecule has 0 aliphatic carbocycles. The third-order valence-corrected chi connectivity index (χ3v) is 1.67. The molecule has 0 saturated heterocycles. The molecule has 10 heavy (non-hydrogen) atoms. The Hall–Kier alpha value is -0.550. The van der Waals surface area contributed by atoms with Gasteiger partial charge in [-0.15, -0.1) is 0 Å². The number of hydrogen-bond donors (Lipinski definition) is 1. The SMILES string of the molecule is CCCNC(C)[C@H](C)C#N. The largest absolute Gasteiger partial charge is 0.313 e. The molecule has 2 nitrogen and oxygen atoms in total. The summed E-state index contributed by atoms with van der Waals surface area (Å²) in [7, 11) is 0. The number of nitriles is 1. The first-order valence-corrected chi connectivity index (χ1v) is 3.85. The minimum Gasteiger partial charge on any atom is -0.313 e. The Kier molecular flexibility index (Phi) is 4.96. The maximum Gasteiger partial charge on any atom is 0.0669 e. The molecule has 0 saturated carbocycles. The Labute approximate surface area is 63.2 Å². The molecule has 1 N–H and O–H groups in total. The van der Waals surface area contributed by atoms with Crippen molar-refractivity contribution in [3.8, 4) is 6.07 Å². The highest BCUT2D eigenvalue weighted by atomic mass is 14.9. The second kappa shape index (κ2) is 5.25. The van der Waals surface area contributed by atoms with Crippen LogP contribution in [0.3, 0.4) is 0 Å². The number of rotatable bonds is 4. The van der Waals surface area contributed by atoms with Crippen LogP contribution in [-0.4, -0.2) is 12.6 Å². The molecule has 0 amide bonds. The molecule has 0 aliphatic heterocycles. The van der Waals surface area contributed by atoms with Crippen LogP contribution < -0.4 is 5.32 Å². The Morgan fingerprint density at radius 3 is 2.50 bits per heavy atom. The Morgan fingerprint density at radius 2 is 2.10 bits per heavy atom. The van der Waals surface area contributed by atoms with E-state index in [0.717, 1.165) is 13.0 Å². The van der Waals surface area contributed by atoms with Gasteiger partial charge in [-0.3, -0.25) is 0 Å². The zero-order valence-corrected chi connectivity index (χ0v) is 7.02. The molecule has 0 heterocycles. The topological polar surface area (TPSA) is 35.8 Å². The van der Waals surface area contributed by atoms with E-state index in [1.807, 2.05) is 13.8 Å². The summed E-state index contributed by atoms with van der Waals surface area (Å²) in [5, 5.41) is 11.8. The van der Waals surface area contributed by atoms with Crippen molar-refractivity contribution in [3.63, 3.8) is 0 Å². The molecule has 58 valence electrons. The van der Waals surface area contributed by atoms with Crippen LogP contribution in [0.2, 0.25) is 0 Å².